The Labute approximate surface area is 574 Å². The lowest BCUT2D eigenvalue weighted by Gasteiger charge is -2.27. The highest BCUT2D eigenvalue weighted by atomic mass is 16.5. The van der Waals surface area contributed by atoms with Crippen LogP contribution in [0.25, 0.3) is 0 Å². The fraction of sp³-hybridized carbons (Fsp3) is 0.646. The van der Waals surface area contributed by atoms with Gasteiger partial charge >= 0.3 is 5.97 Å². The van der Waals surface area contributed by atoms with Crippen molar-refractivity contribution in [3.63, 3.8) is 0 Å². The summed E-state index contributed by atoms with van der Waals surface area (Å²) in [7, 11) is 14.8. The van der Waals surface area contributed by atoms with E-state index in [-0.39, 0.29) is 99.1 Å². The molecule has 1 aromatic rings. The van der Waals surface area contributed by atoms with Crippen LogP contribution in [0.2, 0.25) is 0 Å². The van der Waals surface area contributed by atoms with Gasteiger partial charge in [0.05, 0.1) is 65.4 Å². The first-order valence-electron chi connectivity index (χ1n) is 32.2. The van der Waals surface area contributed by atoms with Gasteiger partial charge in [0.15, 0.2) is 0 Å². The van der Waals surface area contributed by atoms with E-state index in [1.165, 1.54) is 106 Å². The van der Waals surface area contributed by atoms with Gasteiger partial charge in [0.25, 0.3) is 0 Å². The SMILES string of the molecule is CCC(=O)OCc1ccc(NC(=O)[C@H](C)NC(=O)[C@@H](NC(=O)CCCCCN2C(=O)CC(C(C)C)C2=O)C(C)C)cc1CN(C)C(=O)CN(C)C(=O)CN(C)C(=O)CN(C)C(=O)CN(C)C(=O)CN(C)C(=O)CN(C)C(=O)CN(C)C(=O)CN(C)C(=O)CN(C)C(=O)CN(C)C(C)=O. The van der Waals surface area contributed by atoms with Gasteiger partial charge in [-0.2, -0.15) is 0 Å². The van der Waals surface area contributed by atoms with Gasteiger partial charge in [-0.3, -0.25) is 86.4 Å². The maximum Gasteiger partial charge on any atom is 0.305 e. The Morgan fingerprint density at radius 3 is 1.21 bits per heavy atom. The number of hydrogen-bond acceptors (Lipinski definition) is 18. The zero-order chi connectivity index (χ0) is 74.7. The number of nitrogens with zero attached hydrogens (tertiary/aromatic N) is 12. The molecule has 1 aliphatic heterocycles. The summed E-state index contributed by atoms with van der Waals surface area (Å²) in [5.74, 6) is -9.56. The molecule has 3 atom stereocenters. The summed E-state index contributed by atoms with van der Waals surface area (Å²) in [6, 6.07) is 2.64. The summed E-state index contributed by atoms with van der Waals surface area (Å²) >= 11 is 0. The average Bonchev–Trinajstić information content (AvgIpc) is 1.37. The molecule has 16 amide bonds. The van der Waals surface area contributed by atoms with Crippen molar-refractivity contribution >= 4 is 106 Å². The van der Waals surface area contributed by atoms with Crippen molar-refractivity contribution in [2.45, 2.75) is 112 Å². The second kappa shape index (κ2) is 40.2. The molecular weight excluding hydrogens is 1280 g/mol. The van der Waals surface area contributed by atoms with Gasteiger partial charge in [0.2, 0.25) is 94.5 Å². The highest BCUT2D eigenvalue weighted by Gasteiger charge is 2.40. The van der Waals surface area contributed by atoms with Crippen molar-refractivity contribution in [1.29, 1.82) is 0 Å². The quantitative estimate of drug-likeness (QED) is 0.0362. The number of nitrogens with one attached hydrogen (secondary N) is 3. The molecule has 0 aliphatic carbocycles. The van der Waals surface area contributed by atoms with Gasteiger partial charge in [-0.15, -0.1) is 0 Å². The number of carbonyl (C=O) groups excluding carboxylic acids is 17. The van der Waals surface area contributed by atoms with Crippen LogP contribution in [0.5, 0.6) is 0 Å². The predicted molar refractivity (Wildman–Crippen MR) is 356 cm³/mol. The van der Waals surface area contributed by atoms with E-state index in [9.17, 15) is 81.5 Å². The molecule has 33 nitrogen and oxygen atoms in total. The first-order chi connectivity index (χ1) is 45.6. The molecule has 0 radical (unpaired) electrons. The minimum absolute atomic E-state index is 0.0596. The number of likely N-dealkylation sites (N-methyl/N-ethyl adjacent to an activating group) is 11. The fourth-order valence-electron chi connectivity index (χ4n) is 9.33. The molecule has 1 fully saturated rings. The maximum atomic E-state index is 13.6. The van der Waals surface area contributed by atoms with E-state index in [2.05, 4.69) is 16.0 Å². The topological polar surface area (TPSA) is 374 Å². The molecular formula is C65H103N15O18. The number of anilines is 1. The Balaban J connectivity index is 1.92. The van der Waals surface area contributed by atoms with Crippen LogP contribution in [-0.4, -0.2) is 321 Å². The Morgan fingerprint density at radius 2 is 0.867 bits per heavy atom. The van der Waals surface area contributed by atoms with Crippen LogP contribution in [-0.2, 0) is 99.4 Å². The highest BCUT2D eigenvalue weighted by Crippen LogP contribution is 2.27. The van der Waals surface area contributed by atoms with E-state index in [1.54, 1.807) is 39.0 Å². The van der Waals surface area contributed by atoms with E-state index < -0.39 is 141 Å². The van der Waals surface area contributed by atoms with Crippen molar-refractivity contribution in [2.24, 2.45) is 17.8 Å². The van der Waals surface area contributed by atoms with Crippen LogP contribution in [0.15, 0.2) is 18.2 Å². The van der Waals surface area contributed by atoms with E-state index >= 15 is 0 Å². The van der Waals surface area contributed by atoms with Crippen molar-refractivity contribution in [2.75, 3.05) is 155 Å². The molecule has 546 valence electrons. The number of likely N-dealkylation sites (tertiary alicyclic amines) is 1. The number of rotatable bonds is 38. The van der Waals surface area contributed by atoms with E-state index in [1.807, 2.05) is 13.8 Å². The summed E-state index contributed by atoms with van der Waals surface area (Å²) in [4.78, 5) is 233. The summed E-state index contributed by atoms with van der Waals surface area (Å²) in [5.41, 5.74) is 1.21. The summed E-state index contributed by atoms with van der Waals surface area (Å²) in [6.45, 7) is 7.22. The van der Waals surface area contributed by atoms with Gasteiger partial charge < -0.3 is 74.6 Å². The van der Waals surface area contributed by atoms with E-state index in [0.29, 0.717) is 30.4 Å². The average molecular weight is 1380 g/mol. The highest BCUT2D eigenvalue weighted by molar-refractivity contribution is 6.04. The molecule has 3 N–H and O–H groups in total. The normalized spacial score (nSPS) is 13.1. The van der Waals surface area contributed by atoms with Gasteiger partial charge in [-0.1, -0.05) is 47.1 Å². The summed E-state index contributed by atoms with van der Waals surface area (Å²) in [6.07, 6.45) is 1.96. The van der Waals surface area contributed by atoms with Crippen LogP contribution >= 0.6 is 0 Å². The molecule has 98 heavy (non-hydrogen) atoms. The van der Waals surface area contributed by atoms with Crippen LogP contribution in [0, 0.1) is 17.8 Å². The smallest absolute Gasteiger partial charge is 0.305 e. The number of imide groups is 1. The number of esters is 1. The van der Waals surface area contributed by atoms with Crippen molar-refractivity contribution in [3.05, 3.63) is 29.3 Å². The monoisotopic (exact) mass is 1380 g/mol. The van der Waals surface area contributed by atoms with E-state index in [0.717, 1.165) is 44.1 Å². The lowest BCUT2D eigenvalue weighted by molar-refractivity contribution is -0.146. The number of benzene rings is 1. The maximum absolute atomic E-state index is 13.6. The zero-order valence-corrected chi connectivity index (χ0v) is 60.3. The Hall–Kier alpha value is -9.59. The second-order valence-electron chi connectivity index (χ2n) is 25.6. The minimum Gasteiger partial charge on any atom is -0.461 e. The molecule has 0 spiro atoms. The van der Waals surface area contributed by atoms with Crippen LogP contribution in [0.3, 0.4) is 0 Å². The van der Waals surface area contributed by atoms with Crippen LogP contribution in [0.1, 0.15) is 98.1 Å². The Morgan fingerprint density at radius 1 is 0.490 bits per heavy atom. The van der Waals surface area contributed by atoms with Gasteiger partial charge in [-0.25, -0.2) is 0 Å². The molecule has 1 saturated heterocycles. The van der Waals surface area contributed by atoms with Gasteiger partial charge in [0.1, 0.15) is 18.7 Å². The number of amides is 16. The number of ether oxygens (including phenoxy) is 1. The third kappa shape index (κ3) is 27.9. The van der Waals surface area contributed by atoms with Crippen molar-refractivity contribution in [3.8, 4) is 0 Å². The molecule has 2 rings (SSSR count). The standard InChI is InChI=1S/C65H103N15O18/c1-19-61(94)98-40-45-24-25-47(67-63(95)43(6)66-64(96)62(42(4)5)68-49(82)23-21-20-22-26-80-50(83)28-48(41(2)3)65(80)97)27-46(45)29-70(9)52(85)31-72(11)54(87)33-74(13)56(89)35-76(15)58(91)37-78(17)60(93)39-79(18)59(92)38-77(16)57(90)36-75(14)55(88)34-73(12)53(86)32-71(10)51(84)30-69(8)44(7)81/h24-25,27,41-43,48,62H,19-23,26,28-40H2,1-18H3,(H,66,96)(H,67,95)(H,68,82)/t43-,48?,62-/m0/s1. The summed E-state index contributed by atoms with van der Waals surface area (Å²) < 4.78 is 5.39. The number of hydrogen-bond donors (Lipinski definition) is 3. The summed E-state index contributed by atoms with van der Waals surface area (Å²) in [5, 5.41) is 8.16. The minimum atomic E-state index is -1.09. The molecule has 1 aromatic carbocycles. The largest absolute Gasteiger partial charge is 0.461 e. The lowest BCUT2D eigenvalue weighted by Crippen LogP contribution is -2.53. The van der Waals surface area contributed by atoms with Crippen molar-refractivity contribution < 1.29 is 86.2 Å². The number of unbranched alkanes of at least 4 members (excludes halogenated alkanes) is 2. The second-order valence-corrected chi connectivity index (χ2v) is 25.6. The molecule has 0 aromatic heterocycles. The fourth-order valence-corrected chi connectivity index (χ4v) is 9.33. The molecule has 1 aliphatic rings. The van der Waals surface area contributed by atoms with E-state index in [4.69, 9.17) is 4.74 Å². The molecule has 33 heteroatoms. The first-order valence-corrected chi connectivity index (χ1v) is 32.2. The third-order valence-electron chi connectivity index (χ3n) is 16.5. The molecule has 0 saturated carbocycles. The number of carbonyl (C=O) groups is 17. The van der Waals surface area contributed by atoms with Gasteiger partial charge in [-0.05, 0) is 54.9 Å². The Bertz CT molecular complexity index is 3100. The third-order valence-corrected chi connectivity index (χ3v) is 16.5. The Kier molecular flexibility index (Phi) is 34.7. The van der Waals surface area contributed by atoms with Gasteiger partial charge in [0, 0.05) is 128 Å². The van der Waals surface area contributed by atoms with Crippen LogP contribution < -0.4 is 16.0 Å². The lowest BCUT2D eigenvalue weighted by atomic mass is 9.94. The molecule has 0 bridgehead atoms. The zero-order valence-electron chi connectivity index (χ0n) is 60.3. The molecule has 1 unspecified atom stereocenters. The van der Waals surface area contributed by atoms with Crippen LogP contribution in [0.4, 0.5) is 5.69 Å². The predicted octanol–water partition coefficient (Wildman–Crippen LogP) is -2.12. The molecule has 1 heterocycles. The van der Waals surface area contributed by atoms with Crippen molar-refractivity contribution in [1.82, 2.24) is 69.4 Å². The first kappa shape index (κ1) is 84.5.